The summed E-state index contributed by atoms with van der Waals surface area (Å²) in [5.74, 6) is -0.425. The van der Waals surface area contributed by atoms with E-state index >= 15 is 8.78 Å². The van der Waals surface area contributed by atoms with Gasteiger partial charge in [-0.3, -0.25) is 0 Å². The number of halogens is 2. The van der Waals surface area contributed by atoms with Crippen molar-refractivity contribution in [2.24, 2.45) is 0 Å². The molecule has 2 unspecified atom stereocenters. The molecular formula is C34H42F2N6O. The third-order valence-corrected chi connectivity index (χ3v) is 9.21. The molecule has 4 heterocycles. The SMILES string of the molecule is CC.CCC1CN(c2nc(N3CC4(CCCN4)C3)nc3c(F)c(-c4cc(O)cc5ccccc45)c(F)cc23)CC(CC)N1. The number of hydrogen-bond donors (Lipinski definition) is 3. The summed E-state index contributed by atoms with van der Waals surface area (Å²) < 4.78 is 32.8. The lowest BCUT2D eigenvalue weighted by Gasteiger charge is -2.48. The van der Waals surface area contributed by atoms with E-state index in [0.29, 0.717) is 46.6 Å². The van der Waals surface area contributed by atoms with Crippen LogP contribution < -0.4 is 20.4 Å². The van der Waals surface area contributed by atoms with E-state index in [1.807, 2.05) is 38.1 Å². The first kappa shape index (κ1) is 29.5. The molecule has 4 aromatic rings. The van der Waals surface area contributed by atoms with Crippen LogP contribution in [0.25, 0.3) is 32.8 Å². The smallest absolute Gasteiger partial charge is 0.228 e. The van der Waals surface area contributed by atoms with Crippen molar-refractivity contribution in [3.63, 3.8) is 0 Å². The lowest BCUT2D eigenvalue weighted by Crippen LogP contribution is -2.67. The van der Waals surface area contributed by atoms with E-state index in [1.165, 1.54) is 12.1 Å². The Labute approximate surface area is 252 Å². The van der Waals surface area contributed by atoms with Gasteiger partial charge in [-0.25, -0.2) is 13.8 Å². The molecule has 228 valence electrons. The molecule has 3 fully saturated rings. The molecule has 0 bridgehead atoms. The Morgan fingerprint density at radius 3 is 2.35 bits per heavy atom. The van der Waals surface area contributed by atoms with Crippen LogP contribution in [0.4, 0.5) is 20.5 Å². The van der Waals surface area contributed by atoms with Crippen LogP contribution in [0.3, 0.4) is 0 Å². The fourth-order valence-electron chi connectivity index (χ4n) is 6.98. The summed E-state index contributed by atoms with van der Waals surface area (Å²) in [4.78, 5) is 14.0. The molecule has 3 aliphatic heterocycles. The fraction of sp³-hybridized carbons (Fsp3) is 0.471. The average molecular weight is 589 g/mol. The highest BCUT2D eigenvalue weighted by Crippen LogP contribution is 2.41. The largest absolute Gasteiger partial charge is 0.508 e. The van der Waals surface area contributed by atoms with Gasteiger partial charge in [0.25, 0.3) is 0 Å². The number of aromatic hydroxyl groups is 1. The van der Waals surface area contributed by atoms with Crippen molar-refractivity contribution in [1.29, 1.82) is 0 Å². The molecule has 3 aliphatic rings. The van der Waals surface area contributed by atoms with Crippen molar-refractivity contribution in [3.05, 3.63) is 54.1 Å². The zero-order valence-electron chi connectivity index (χ0n) is 25.6. The Morgan fingerprint density at radius 1 is 0.953 bits per heavy atom. The Bertz CT molecular complexity index is 1620. The van der Waals surface area contributed by atoms with Gasteiger partial charge in [-0.1, -0.05) is 52.0 Å². The maximum atomic E-state index is 16.7. The van der Waals surface area contributed by atoms with Crippen molar-refractivity contribution < 1.29 is 13.9 Å². The Morgan fingerprint density at radius 2 is 1.67 bits per heavy atom. The van der Waals surface area contributed by atoms with Gasteiger partial charge in [-0.15, -0.1) is 0 Å². The van der Waals surface area contributed by atoms with E-state index in [2.05, 4.69) is 34.3 Å². The van der Waals surface area contributed by atoms with Gasteiger partial charge in [0.1, 0.15) is 22.9 Å². The molecule has 7 rings (SSSR count). The lowest BCUT2D eigenvalue weighted by atomic mass is 9.89. The molecule has 3 N–H and O–H groups in total. The van der Waals surface area contributed by atoms with Gasteiger partial charge in [0.2, 0.25) is 5.95 Å². The highest BCUT2D eigenvalue weighted by molar-refractivity contribution is 6.01. The van der Waals surface area contributed by atoms with Crippen LogP contribution in [0.5, 0.6) is 5.75 Å². The number of nitrogens with one attached hydrogen (secondary N) is 2. The topological polar surface area (TPSA) is 76.6 Å². The predicted molar refractivity (Wildman–Crippen MR) is 171 cm³/mol. The Kier molecular flexibility index (Phi) is 8.13. The van der Waals surface area contributed by atoms with Crippen LogP contribution >= 0.6 is 0 Å². The lowest BCUT2D eigenvalue weighted by molar-refractivity contribution is 0.291. The minimum Gasteiger partial charge on any atom is -0.508 e. The summed E-state index contributed by atoms with van der Waals surface area (Å²) >= 11 is 0. The van der Waals surface area contributed by atoms with Crippen LogP contribution in [0.15, 0.2) is 42.5 Å². The first-order valence-corrected chi connectivity index (χ1v) is 15.8. The molecule has 0 amide bonds. The standard InChI is InChI=1S/C32H36F2N6O.C2H6/c1-3-20-15-39(16-21(4-2)36-20)30-25-14-26(33)27(24-13-22(41)12-19-8-5-6-9-23(19)24)28(34)29(25)37-31(38-30)40-17-32(18-40)10-7-11-35-32;1-2/h5-6,8-9,12-14,20-21,35-36,41H,3-4,7,10-11,15-18H2,1-2H3;1-2H3. The van der Waals surface area contributed by atoms with Gasteiger partial charge in [0.05, 0.1) is 11.1 Å². The van der Waals surface area contributed by atoms with Crippen LogP contribution in [0, 0.1) is 11.6 Å². The first-order valence-electron chi connectivity index (χ1n) is 15.8. The zero-order chi connectivity index (χ0) is 30.3. The Balaban J connectivity index is 0.00000161. The predicted octanol–water partition coefficient (Wildman–Crippen LogP) is 6.37. The normalized spacial score (nSPS) is 21.3. The number of phenolic OH excluding ortho intramolecular Hbond substituents is 1. The molecule has 3 saturated heterocycles. The van der Waals surface area contributed by atoms with Crippen LogP contribution in [0.2, 0.25) is 0 Å². The van der Waals surface area contributed by atoms with Crippen molar-refractivity contribution in [2.75, 3.05) is 42.5 Å². The number of benzene rings is 3. The number of piperazine rings is 1. The van der Waals surface area contributed by atoms with E-state index in [1.54, 1.807) is 6.07 Å². The number of fused-ring (bicyclic) bond motifs is 2. The second-order valence-electron chi connectivity index (χ2n) is 12.0. The number of phenols is 1. The van der Waals surface area contributed by atoms with Crippen molar-refractivity contribution >= 4 is 33.4 Å². The summed E-state index contributed by atoms with van der Waals surface area (Å²) in [6, 6.07) is 12.2. The van der Waals surface area contributed by atoms with E-state index in [0.717, 1.165) is 45.3 Å². The molecule has 9 heteroatoms. The van der Waals surface area contributed by atoms with Crippen molar-refractivity contribution in [1.82, 2.24) is 20.6 Å². The third-order valence-electron chi connectivity index (χ3n) is 9.21. The second-order valence-corrected chi connectivity index (χ2v) is 12.0. The number of aromatic nitrogens is 2. The summed E-state index contributed by atoms with van der Waals surface area (Å²) in [6.45, 7) is 12.2. The van der Waals surface area contributed by atoms with Gasteiger partial charge >= 0.3 is 0 Å². The van der Waals surface area contributed by atoms with E-state index in [4.69, 9.17) is 9.97 Å². The number of rotatable bonds is 5. The number of nitrogens with zero attached hydrogens (tertiary/aromatic N) is 4. The van der Waals surface area contributed by atoms with Crippen LogP contribution in [-0.4, -0.2) is 65.4 Å². The average Bonchev–Trinajstić information content (AvgIpc) is 3.51. The maximum Gasteiger partial charge on any atom is 0.228 e. The minimum absolute atomic E-state index is 0.0476. The molecular weight excluding hydrogens is 546 g/mol. The molecule has 43 heavy (non-hydrogen) atoms. The molecule has 1 aromatic heterocycles. The van der Waals surface area contributed by atoms with E-state index < -0.39 is 11.6 Å². The van der Waals surface area contributed by atoms with E-state index in [-0.39, 0.29) is 34.5 Å². The van der Waals surface area contributed by atoms with Gasteiger partial charge in [-0.2, -0.15) is 4.98 Å². The maximum absolute atomic E-state index is 16.7. The monoisotopic (exact) mass is 588 g/mol. The molecule has 0 radical (unpaired) electrons. The van der Waals surface area contributed by atoms with Crippen LogP contribution in [-0.2, 0) is 0 Å². The summed E-state index contributed by atoms with van der Waals surface area (Å²) in [5.41, 5.74) is 0.294. The third kappa shape index (κ3) is 5.27. The molecule has 0 saturated carbocycles. The number of hydrogen-bond acceptors (Lipinski definition) is 7. The molecule has 2 atom stereocenters. The quantitative estimate of drug-likeness (QED) is 0.250. The van der Waals surface area contributed by atoms with Gasteiger partial charge in [-0.05, 0) is 66.8 Å². The summed E-state index contributed by atoms with van der Waals surface area (Å²) in [7, 11) is 0. The molecule has 7 nitrogen and oxygen atoms in total. The molecule has 1 spiro atoms. The summed E-state index contributed by atoms with van der Waals surface area (Å²) in [6.07, 6.45) is 4.14. The van der Waals surface area contributed by atoms with Crippen molar-refractivity contribution in [2.45, 2.75) is 71.0 Å². The minimum atomic E-state index is -0.732. The van der Waals surface area contributed by atoms with Crippen molar-refractivity contribution in [3.8, 4) is 16.9 Å². The Hall–Kier alpha value is -3.56. The molecule has 3 aromatic carbocycles. The number of anilines is 2. The van der Waals surface area contributed by atoms with Gasteiger partial charge in [0.15, 0.2) is 5.82 Å². The van der Waals surface area contributed by atoms with Crippen LogP contribution in [0.1, 0.15) is 53.4 Å². The first-order chi connectivity index (χ1) is 20.9. The second kappa shape index (κ2) is 11.8. The fourth-order valence-corrected chi connectivity index (χ4v) is 6.98. The molecule has 0 aliphatic carbocycles. The van der Waals surface area contributed by atoms with Gasteiger partial charge < -0.3 is 25.5 Å². The van der Waals surface area contributed by atoms with Gasteiger partial charge in [0, 0.05) is 43.6 Å². The highest BCUT2D eigenvalue weighted by atomic mass is 19.1. The zero-order valence-corrected chi connectivity index (χ0v) is 25.6. The van der Waals surface area contributed by atoms with E-state index in [9.17, 15) is 5.11 Å². The summed E-state index contributed by atoms with van der Waals surface area (Å²) in [5, 5.41) is 19.5. The highest BCUT2D eigenvalue weighted by Gasteiger charge is 2.46.